The molecule has 0 spiro atoms. The number of rotatable bonds is 7. The van der Waals surface area contributed by atoms with Crippen molar-refractivity contribution in [3.05, 3.63) is 54.1 Å². The maximum Gasteiger partial charge on any atom is 0.140 e. The predicted octanol–water partition coefficient (Wildman–Crippen LogP) is 6.72. The second-order valence-electron chi connectivity index (χ2n) is 6.35. The lowest BCUT2D eigenvalue weighted by atomic mass is 9.98. The highest BCUT2D eigenvalue weighted by atomic mass is 32.2. The molecule has 0 atom stereocenters. The Kier molecular flexibility index (Phi) is 6.10. The Labute approximate surface area is 160 Å². The zero-order valence-electron chi connectivity index (χ0n) is 16.0. The number of thioether (sulfide) groups is 1. The molecule has 0 fully saturated rings. The van der Waals surface area contributed by atoms with Crippen LogP contribution in [0.3, 0.4) is 0 Å². The van der Waals surface area contributed by atoms with E-state index in [0.717, 1.165) is 33.6 Å². The number of hydrogen-bond donors (Lipinski definition) is 0. The zero-order valence-corrected chi connectivity index (χ0v) is 16.8. The van der Waals surface area contributed by atoms with Gasteiger partial charge in [-0.1, -0.05) is 49.7 Å². The van der Waals surface area contributed by atoms with Gasteiger partial charge >= 0.3 is 0 Å². The van der Waals surface area contributed by atoms with Gasteiger partial charge in [-0.15, -0.1) is 11.8 Å². The van der Waals surface area contributed by atoms with E-state index in [4.69, 9.17) is 9.47 Å². The van der Waals surface area contributed by atoms with Gasteiger partial charge in [0.2, 0.25) is 0 Å². The van der Waals surface area contributed by atoms with Gasteiger partial charge in [0.25, 0.3) is 0 Å². The van der Waals surface area contributed by atoms with Crippen LogP contribution in [0.15, 0.2) is 53.4 Å². The van der Waals surface area contributed by atoms with Crippen LogP contribution in [0.1, 0.15) is 25.3 Å². The van der Waals surface area contributed by atoms with Crippen LogP contribution in [0.5, 0.6) is 11.5 Å². The van der Waals surface area contributed by atoms with Gasteiger partial charge in [0.15, 0.2) is 0 Å². The molecule has 3 aromatic rings. The van der Waals surface area contributed by atoms with Crippen LogP contribution < -0.4 is 9.47 Å². The summed E-state index contributed by atoms with van der Waals surface area (Å²) in [4.78, 5) is 1.19. The fraction of sp³-hybridized carbons (Fsp3) is 0.304. The van der Waals surface area contributed by atoms with Gasteiger partial charge in [0.1, 0.15) is 11.5 Å². The molecule has 136 valence electrons. The Morgan fingerprint density at radius 3 is 2.23 bits per heavy atom. The van der Waals surface area contributed by atoms with Gasteiger partial charge in [0.05, 0.1) is 19.1 Å². The number of unbranched alkanes of at least 4 members (excludes halogenated alkanes) is 1. The molecule has 0 aromatic heterocycles. The van der Waals surface area contributed by atoms with Crippen LogP contribution in [-0.2, 0) is 0 Å². The van der Waals surface area contributed by atoms with Gasteiger partial charge in [-0.2, -0.15) is 0 Å². The number of fused-ring (bicyclic) bond motifs is 1. The van der Waals surface area contributed by atoms with Crippen molar-refractivity contribution in [3.63, 3.8) is 0 Å². The number of ether oxygens (including phenoxy) is 2. The first kappa shape index (κ1) is 18.7. The molecule has 3 aromatic carbocycles. The van der Waals surface area contributed by atoms with Crippen molar-refractivity contribution < 1.29 is 9.47 Å². The summed E-state index contributed by atoms with van der Waals surface area (Å²) < 4.78 is 11.7. The summed E-state index contributed by atoms with van der Waals surface area (Å²) in [6.45, 7) is 4.35. The maximum absolute atomic E-state index is 5.84. The van der Waals surface area contributed by atoms with E-state index in [1.807, 2.05) is 17.8 Å². The SMILES string of the molecule is CCCCSc1c(C)c(OC)c2cc(-c3ccccc3)ccc2c1OC. The third-order valence-electron chi connectivity index (χ3n) is 4.66. The minimum absolute atomic E-state index is 0.942. The molecule has 2 nitrogen and oxygen atoms in total. The third-order valence-corrected chi connectivity index (χ3v) is 5.93. The van der Waals surface area contributed by atoms with E-state index in [1.165, 1.54) is 28.9 Å². The molecule has 0 amide bonds. The summed E-state index contributed by atoms with van der Waals surface area (Å²) in [5, 5.41) is 2.21. The minimum Gasteiger partial charge on any atom is -0.496 e. The fourth-order valence-electron chi connectivity index (χ4n) is 3.30. The molecule has 0 aliphatic rings. The smallest absolute Gasteiger partial charge is 0.140 e. The van der Waals surface area contributed by atoms with Crippen molar-refractivity contribution in [2.75, 3.05) is 20.0 Å². The van der Waals surface area contributed by atoms with Crippen molar-refractivity contribution >= 4 is 22.5 Å². The molecule has 0 N–H and O–H groups in total. The van der Waals surface area contributed by atoms with E-state index in [2.05, 4.69) is 56.3 Å². The summed E-state index contributed by atoms with van der Waals surface area (Å²) in [5.74, 6) is 2.99. The van der Waals surface area contributed by atoms with E-state index < -0.39 is 0 Å². The highest BCUT2D eigenvalue weighted by molar-refractivity contribution is 7.99. The Balaban J connectivity index is 2.19. The van der Waals surface area contributed by atoms with Gasteiger partial charge in [-0.05, 0) is 42.4 Å². The number of methoxy groups -OCH3 is 2. The van der Waals surface area contributed by atoms with Crippen molar-refractivity contribution in [2.45, 2.75) is 31.6 Å². The Morgan fingerprint density at radius 2 is 1.58 bits per heavy atom. The lowest BCUT2D eigenvalue weighted by Gasteiger charge is -2.19. The summed E-state index contributed by atoms with van der Waals surface area (Å²) in [6.07, 6.45) is 2.39. The molecule has 0 saturated heterocycles. The molecule has 26 heavy (non-hydrogen) atoms. The summed E-state index contributed by atoms with van der Waals surface area (Å²) in [6, 6.07) is 17.0. The molecule has 0 unspecified atom stereocenters. The second-order valence-corrected chi connectivity index (χ2v) is 7.45. The van der Waals surface area contributed by atoms with Crippen LogP contribution in [0.25, 0.3) is 21.9 Å². The standard InChI is InChI=1S/C23H26O2S/c1-5-6-14-26-23-16(2)21(24-3)20-15-18(17-10-8-7-9-11-17)12-13-19(20)22(23)25-4/h7-13,15H,5-6,14H2,1-4H3. The first-order valence-electron chi connectivity index (χ1n) is 9.07. The average Bonchev–Trinajstić information content (AvgIpc) is 2.69. The third kappa shape index (κ3) is 3.54. The second kappa shape index (κ2) is 8.50. The summed E-state index contributed by atoms with van der Waals surface area (Å²) in [7, 11) is 3.51. The predicted molar refractivity (Wildman–Crippen MR) is 113 cm³/mol. The molecule has 0 bridgehead atoms. The first-order chi connectivity index (χ1) is 12.7. The highest BCUT2D eigenvalue weighted by Gasteiger charge is 2.19. The van der Waals surface area contributed by atoms with Crippen molar-refractivity contribution in [2.24, 2.45) is 0 Å². The van der Waals surface area contributed by atoms with Crippen LogP contribution in [-0.4, -0.2) is 20.0 Å². The van der Waals surface area contributed by atoms with Crippen LogP contribution >= 0.6 is 11.8 Å². The molecule has 0 saturated carbocycles. The fourth-order valence-corrected chi connectivity index (χ4v) is 4.57. The normalized spacial score (nSPS) is 10.9. The van der Waals surface area contributed by atoms with Gasteiger partial charge in [-0.3, -0.25) is 0 Å². The van der Waals surface area contributed by atoms with E-state index in [9.17, 15) is 0 Å². The molecule has 3 rings (SSSR count). The molecular formula is C23H26O2S. The number of benzene rings is 3. The van der Waals surface area contributed by atoms with Gasteiger partial charge in [0, 0.05) is 16.3 Å². The summed E-state index contributed by atoms with van der Waals surface area (Å²) >= 11 is 1.86. The maximum atomic E-state index is 5.84. The van der Waals surface area contributed by atoms with Crippen LogP contribution in [0, 0.1) is 6.92 Å². The molecule has 0 heterocycles. The topological polar surface area (TPSA) is 18.5 Å². The van der Waals surface area contributed by atoms with E-state index >= 15 is 0 Å². The Bertz CT molecular complexity index is 888. The van der Waals surface area contributed by atoms with Crippen LogP contribution in [0.4, 0.5) is 0 Å². The molecule has 0 aliphatic carbocycles. The first-order valence-corrected chi connectivity index (χ1v) is 10.1. The Hall–Kier alpha value is -2.13. The molecule has 0 radical (unpaired) electrons. The lowest BCUT2D eigenvalue weighted by molar-refractivity contribution is 0.399. The van der Waals surface area contributed by atoms with Crippen molar-refractivity contribution in [1.29, 1.82) is 0 Å². The van der Waals surface area contributed by atoms with Gasteiger partial charge in [-0.25, -0.2) is 0 Å². The summed E-state index contributed by atoms with van der Waals surface area (Å²) in [5.41, 5.74) is 3.54. The highest BCUT2D eigenvalue weighted by Crippen LogP contribution is 2.46. The van der Waals surface area contributed by atoms with E-state index in [-0.39, 0.29) is 0 Å². The number of hydrogen-bond acceptors (Lipinski definition) is 3. The minimum atomic E-state index is 0.942. The van der Waals surface area contributed by atoms with E-state index in [1.54, 1.807) is 14.2 Å². The molecular weight excluding hydrogens is 340 g/mol. The quantitative estimate of drug-likeness (QED) is 0.341. The van der Waals surface area contributed by atoms with E-state index in [0.29, 0.717) is 0 Å². The lowest BCUT2D eigenvalue weighted by Crippen LogP contribution is -1.97. The monoisotopic (exact) mass is 366 g/mol. The average molecular weight is 367 g/mol. The zero-order chi connectivity index (χ0) is 18.5. The van der Waals surface area contributed by atoms with Crippen LogP contribution in [0.2, 0.25) is 0 Å². The molecule has 0 aliphatic heterocycles. The van der Waals surface area contributed by atoms with Crippen molar-refractivity contribution in [3.8, 4) is 22.6 Å². The largest absolute Gasteiger partial charge is 0.496 e. The van der Waals surface area contributed by atoms with Crippen molar-refractivity contribution in [1.82, 2.24) is 0 Å². The molecule has 3 heteroatoms. The van der Waals surface area contributed by atoms with Gasteiger partial charge < -0.3 is 9.47 Å². The Morgan fingerprint density at radius 1 is 0.846 bits per heavy atom.